The number of carbonyl (C=O) groups is 1. The first kappa shape index (κ1) is 16.4. The van der Waals surface area contributed by atoms with Crippen molar-refractivity contribution in [3.8, 4) is 0 Å². The topological polar surface area (TPSA) is 93.1 Å². The van der Waals surface area contributed by atoms with Crippen LogP contribution in [-0.4, -0.2) is 50.3 Å². The summed E-state index contributed by atoms with van der Waals surface area (Å²) in [6, 6.07) is 1.25. The van der Waals surface area contributed by atoms with Gasteiger partial charge in [-0.1, -0.05) is 0 Å². The molecule has 24 heavy (non-hydrogen) atoms. The average molecular weight is 331 g/mol. The summed E-state index contributed by atoms with van der Waals surface area (Å²) in [4.78, 5) is 30.2. The van der Waals surface area contributed by atoms with Crippen LogP contribution in [0.1, 0.15) is 29.4 Å². The van der Waals surface area contributed by atoms with E-state index in [9.17, 15) is 9.59 Å². The van der Waals surface area contributed by atoms with Crippen LogP contribution >= 0.6 is 0 Å². The van der Waals surface area contributed by atoms with Crippen LogP contribution in [0.3, 0.4) is 0 Å². The summed E-state index contributed by atoms with van der Waals surface area (Å²) in [5, 5.41) is 7.18. The highest BCUT2D eigenvalue weighted by Crippen LogP contribution is 2.28. The molecule has 1 amide bonds. The number of hydrogen-bond acceptors (Lipinski definition) is 5. The lowest BCUT2D eigenvalue weighted by Gasteiger charge is -2.36. The molecule has 8 nitrogen and oxygen atoms in total. The molecule has 1 unspecified atom stereocenters. The Kier molecular flexibility index (Phi) is 4.75. The fourth-order valence-corrected chi connectivity index (χ4v) is 3.10. The summed E-state index contributed by atoms with van der Waals surface area (Å²) in [5.41, 5.74) is 2.69. The Morgan fingerprint density at radius 3 is 3.00 bits per heavy atom. The third kappa shape index (κ3) is 3.23. The van der Waals surface area contributed by atoms with Crippen LogP contribution in [0.2, 0.25) is 0 Å². The molecule has 0 spiro atoms. The number of rotatable bonds is 4. The van der Waals surface area contributed by atoms with Gasteiger partial charge in [-0.05, 0) is 13.8 Å². The van der Waals surface area contributed by atoms with Crippen LogP contribution in [0, 0.1) is 13.8 Å². The van der Waals surface area contributed by atoms with Gasteiger partial charge in [-0.2, -0.15) is 5.10 Å². The number of morpholine rings is 1. The molecule has 1 fully saturated rings. The second-order valence-corrected chi connectivity index (χ2v) is 5.89. The van der Waals surface area contributed by atoms with Crippen LogP contribution < -0.4 is 5.56 Å². The molecule has 3 rings (SSSR count). The summed E-state index contributed by atoms with van der Waals surface area (Å²) in [5.74, 6) is -0.000877. The van der Waals surface area contributed by atoms with Crippen molar-refractivity contribution in [2.24, 2.45) is 0 Å². The average Bonchev–Trinajstić information content (AvgIpc) is 2.92. The molecule has 2 aromatic rings. The molecule has 0 aromatic carbocycles. The maximum atomic E-state index is 12.7. The van der Waals surface area contributed by atoms with E-state index >= 15 is 0 Å². The summed E-state index contributed by atoms with van der Waals surface area (Å²) in [7, 11) is 0. The van der Waals surface area contributed by atoms with Gasteiger partial charge in [0.25, 0.3) is 5.56 Å². The van der Waals surface area contributed by atoms with Gasteiger partial charge in [-0.25, -0.2) is 4.98 Å². The number of hydrogen-bond donors (Lipinski definition) is 1. The Hall–Kier alpha value is -2.48. The van der Waals surface area contributed by atoms with Crippen LogP contribution in [0.4, 0.5) is 0 Å². The van der Waals surface area contributed by atoms with Gasteiger partial charge in [-0.3, -0.25) is 19.3 Å². The van der Waals surface area contributed by atoms with Crippen molar-refractivity contribution in [1.82, 2.24) is 24.6 Å². The number of nitrogens with one attached hydrogen (secondary N) is 1. The summed E-state index contributed by atoms with van der Waals surface area (Å²) < 4.78 is 7.02. The van der Waals surface area contributed by atoms with E-state index in [2.05, 4.69) is 15.2 Å². The zero-order valence-electron chi connectivity index (χ0n) is 13.9. The number of aryl methyl sites for hydroxylation is 3. The molecule has 1 saturated heterocycles. The fraction of sp³-hybridized carbons (Fsp3) is 0.500. The first-order chi connectivity index (χ1) is 11.6. The van der Waals surface area contributed by atoms with Gasteiger partial charge in [-0.15, -0.1) is 0 Å². The molecule has 1 aliphatic rings. The monoisotopic (exact) mass is 331 g/mol. The quantitative estimate of drug-likeness (QED) is 0.884. The Balaban J connectivity index is 1.74. The van der Waals surface area contributed by atoms with Crippen molar-refractivity contribution in [3.05, 3.63) is 45.9 Å². The molecule has 0 bridgehead atoms. The van der Waals surface area contributed by atoms with Crippen molar-refractivity contribution in [2.45, 2.75) is 32.9 Å². The normalized spacial score (nSPS) is 17.9. The minimum Gasteiger partial charge on any atom is -0.377 e. The maximum absolute atomic E-state index is 12.7. The minimum absolute atomic E-state index is 0.000877. The molecule has 128 valence electrons. The van der Waals surface area contributed by atoms with Gasteiger partial charge in [0.2, 0.25) is 5.91 Å². The van der Waals surface area contributed by atoms with Crippen LogP contribution in [0.5, 0.6) is 0 Å². The molecule has 0 radical (unpaired) electrons. The highest BCUT2D eigenvalue weighted by Gasteiger charge is 2.31. The van der Waals surface area contributed by atoms with Crippen molar-refractivity contribution < 1.29 is 9.53 Å². The van der Waals surface area contributed by atoms with Crippen molar-refractivity contribution in [2.75, 3.05) is 19.8 Å². The van der Waals surface area contributed by atoms with E-state index in [0.29, 0.717) is 26.3 Å². The smallest absolute Gasteiger partial charge is 0.253 e. The molecular weight excluding hydrogens is 310 g/mol. The highest BCUT2D eigenvalue weighted by molar-refractivity contribution is 5.77. The molecule has 0 aliphatic carbocycles. The summed E-state index contributed by atoms with van der Waals surface area (Å²) >= 11 is 0. The molecule has 1 N–H and O–H groups in total. The first-order valence-electron chi connectivity index (χ1n) is 7.97. The van der Waals surface area contributed by atoms with E-state index < -0.39 is 0 Å². The zero-order chi connectivity index (χ0) is 17.1. The summed E-state index contributed by atoms with van der Waals surface area (Å²) in [6.07, 6.45) is 3.15. The molecule has 1 aliphatic heterocycles. The van der Waals surface area contributed by atoms with E-state index in [1.54, 1.807) is 0 Å². The highest BCUT2D eigenvalue weighted by atomic mass is 16.5. The van der Waals surface area contributed by atoms with E-state index in [0.717, 1.165) is 17.0 Å². The second kappa shape index (κ2) is 6.96. The van der Waals surface area contributed by atoms with Crippen molar-refractivity contribution in [3.63, 3.8) is 0 Å². The molecule has 0 saturated carbocycles. The minimum atomic E-state index is -0.155. The van der Waals surface area contributed by atoms with E-state index in [-0.39, 0.29) is 23.9 Å². The lowest BCUT2D eigenvalue weighted by Crippen LogP contribution is -2.44. The molecule has 2 aromatic heterocycles. The molecule has 1 atom stereocenters. The van der Waals surface area contributed by atoms with Crippen LogP contribution in [-0.2, 0) is 16.1 Å². The lowest BCUT2D eigenvalue weighted by molar-refractivity contribution is -0.140. The van der Waals surface area contributed by atoms with Gasteiger partial charge < -0.3 is 9.64 Å². The number of H-pyrrole nitrogens is 1. The zero-order valence-corrected chi connectivity index (χ0v) is 13.9. The Morgan fingerprint density at radius 2 is 2.29 bits per heavy atom. The van der Waals surface area contributed by atoms with Crippen molar-refractivity contribution >= 4 is 5.91 Å². The second-order valence-electron chi connectivity index (χ2n) is 5.89. The Bertz CT molecular complexity index is 763. The SMILES string of the molecule is Cc1n[nH]c(C)c1C1COCCN1C(=O)CCn1cnccc1=O. The predicted molar refractivity (Wildman–Crippen MR) is 86.4 cm³/mol. The van der Waals surface area contributed by atoms with Crippen molar-refractivity contribution in [1.29, 1.82) is 0 Å². The van der Waals surface area contributed by atoms with Crippen LogP contribution in [0.25, 0.3) is 0 Å². The van der Waals surface area contributed by atoms with Gasteiger partial charge in [0.1, 0.15) is 0 Å². The Morgan fingerprint density at radius 1 is 1.46 bits per heavy atom. The third-order valence-corrected chi connectivity index (χ3v) is 4.33. The molecule has 8 heteroatoms. The number of ether oxygens (including phenoxy) is 1. The number of aromatic amines is 1. The number of nitrogens with zero attached hydrogens (tertiary/aromatic N) is 4. The van der Waals surface area contributed by atoms with E-state index in [1.165, 1.54) is 23.2 Å². The van der Waals surface area contributed by atoms with Crippen LogP contribution in [0.15, 0.2) is 23.4 Å². The van der Waals surface area contributed by atoms with E-state index in [1.807, 2.05) is 18.7 Å². The standard InChI is InChI=1S/C16H21N5O3/c1-11-16(12(2)19-18-11)13-9-24-8-7-21(13)15(23)4-6-20-10-17-5-3-14(20)22/h3,5,10,13H,4,6-9H2,1-2H3,(H,18,19). The van der Waals surface area contributed by atoms with Gasteiger partial charge in [0.05, 0.1) is 31.3 Å². The molecule has 3 heterocycles. The predicted octanol–water partition coefficient (Wildman–Crippen LogP) is 0.573. The fourth-order valence-electron chi connectivity index (χ4n) is 3.10. The van der Waals surface area contributed by atoms with Gasteiger partial charge >= 0.3 is 0 Å². The Labute approximate surface area is 139 Å². The summed E-state index contributed by atoms with van der Waals surface area (Å²) in [6.45, 7) is 5.70. The largest absolute Gasteiger partial charge is 0.377 e. The lowest BCUT2D eigenvalue weighted by atomic mass is 10.0. The number of carbonyl (C=O) groups excluding carboxylic acids is 1. The first-order valence-corrected chi connectivity index (χ1v) is 7.97. The third-order valence-electron chi connectivity index (χ3n) is 4.33. The number of aromatic nitrogens is 4. The van der Waals surface area contributed by atoms with E-state index in [4.69, 9.17) is 4.74 Å². The maximum Gasteiger partial charge on any atom is 0.253 e. The molecular formula is C16H21N5O3. The number of amides is 1. The van der Waals surface area contributed by atoms with Gasteiger partial charge in [0.15, 0.2) is 0 Å². The van der Waals surface area contributed by atoms with Gasteiger partial charge in [0, 0.05) is 43.0 Å².